The lowest BCUT2D eigenvalue weighted by molar-refractivity contribution is 0.0986. The van der Waals surface area contributed by atoms with Crippen LogP contribution in [-0.4, -0.2) is 17.6 Å². The number of phenols is 1. The summed E-state index contributed by atoms with van der Waals surface area (Å²) in [5.41, 5.74) is 8.27. The van der Waals surface area contributed by atoms with E-state index in [0.717, 1.165) is 11.3 Å². The second-order valence-electron chi connectivity index (χ2n) is 4.67. The fraction of sp³-hybridized carbons (Fsp3) is 0.188. The molecule has 0 atom stereocenters. The van der Waals surface area contributed by atoms with E-state index < -0.39 is 0 Å². The zero-order chi connectivity index (χ0) is 14.7. The van der Waals surface area contributed by atoms with Gasteiger partial charge in [0.2, 0.25) is 0 Å². The van der Waals surface area contributed by atoms with Crippen molar-refractivity contribution in [3.05, 3.63) is 53.6 Å². The lowest BCUT2D eigenvalue weighted by atomic mass is 10.1. The molecule has 0 unspecified atom stereocenters. The fourth-order valence-corrected chi connectivity index (χ4v) is 2.10. The second kappa shape index (κ2) is 5.65. The number of nitrogens with zero attached hydrogens (tertiary/aromatic N) is 1. The van der Waals surface area contributed by atoms with E-state index in [-0.39, 0.29) is 11.7 Å². The van der Waals surface area contributed by atoms with Gasteiger partial charge in [-0.25, -0.2) is 0 Å². The number of hydrogen-bond acceptors (Lipinski definition) is 3. The van der Waals surface area contributed by atoms with Gasteiger partial charge in [0.15, 0.2) is 0 Å². The lowest BCUT2D eigenvalue weighted by Gasteiger charge is -2.22. The molecular formula is C16H18N2O2. The van der Waals surface area contributed by atoms with Crippen molar-refractivity contribution in [2.24, 2.45) is 0 Å². The van der Waals surface area contributed by atoms with Crippen molar-refractivity contribution in [1.29, 1.82) is 0 Å². The Bertz CT molecular complexity index is 638. The number of benzene rings is 2. The van der Waals surface area contributed by atoms with Gasteiger partial charge in [-0.2, -0.15) is 0 Å². The first-order chi connectivity index (χ1) is 9.52. The van der Waals surface area contributed by atoms with Crippen LogP contribution in [0.5, 0.6) is 5.75 Å². The highest BCUT2D eigenvalue weighted by atomic mass is 16.3. The van der Waals surface area contributed by atoms with Crippen LogP contribution in [0, 0.1) is 6.92 Å². The summed E-state index contributed by atoms with van der Waals surface area (Å²) in [6.45, 7) is 4.24. The quantitative estimate of drug-likeness (QED) is 0.843. The van der Waals surface area contributed by atoms with Crippen LogP contribution < -0.4 is 10.6 Å². The van der Waals surface area contributed by atoms with Crippen molar-refractivity contribution in [2.75, 3.05) is 17.2 Å². The molecule has 104 valence electrons. The van der Waals surface area contributed by atoms with E-state index in [0.29, 0.717) is 17.8 Å². The average molecular weight is 270 g/mol. The molecule has 0 bridgehead atoms. The third-order valence-electron chi connectivity index (χ3n) is 3.13. The predicted octanol–water partition coefficient (Wildman–Crippen LogP) is 2.95. The van der Waals surface area contributed by atoms with E-state index in [9.17, 15) is 9.90 Å². The van der Waals surface area contributed by atoms with Gasteiger partial charge < -0.3 is 15.7 Å². The van der Waals surface area contributed by atoms with Crippen LogP contribution in [0.3, 0.4) is 0 Å². The molecule has 4 heteroatoms. The number of nitrogen functional groups attached to an aromatic ring is 1. The van der Waals surface area contributed by atoms with E-state index in [1.165, 1.54) is 0 Å². The van der Waals surface area contributed by atoms with Gasteiger partial charge in [0.05, 0.1) is 5.56 Å². The lowest BCUT2D eigenvalue weighted by Crippen LogP contribution is -2.30. The van der Waals surface area contributed by atoms with E-state index >= 15 is 0 Å². The van der Waals surface area contributed by atoms with Crippen LogP contribution in [-0.2, 0) is 0 Å². The van der Waals surface area contributed by atoms with Crippen LogP contribution in [0.2, 0.25) is 0 Å². The SMILES string of the molecule is CCN(C(=O)c1ccc(C)cc1O)c1cccc(N)c1. The van der Waals surface area contributed by atoms with Crippen molar-refractivity contribution in [3.8, 4) is 5.75 Å². The van der Waals surface area contributed by atoms with E-state index in [2.05, 4.69) is 0 Å². The molecule has 2 rings (SSSR count). The first kappa shape index (κ1) is 13.9. The maximum absolute atomic E-state index is 12.5. The van der Waals surface area contributed by atoms with Crippen molar-refractivity contribution >= 4 is 17.3 Å². The van der Waals surface area contributed by atoms with Gasteiger partial charge in [-0.15, -0.1) is 0 Å². The number of anilines is 2. The predicted molar refractivity (Wildman–Crippen MR) is 81.0 cm³/mol. The monoisotopic (exact) mass is 270 g/mol. The number of rotatable bonds is 3. The van der Waals surface area contributed by atoms with Gasteiger partial charge in [0.1, 0.15) is 5.75 Å². The van der Waals surface area contributed by atoms with Crippen molar-refractivity contribution < 1.29 is 9.90 Å². The van der Waals surface area contributed by atoms with Gasteiger partial charge in [0.25, 0.3) is 5.91 Å². The van der Waals surface area contributed by atoms with Crippen LogP contribution in [0.25, 0.3) is 0 Å². The number of hydrogen-bond donors (Lipinski definition) is 2. The molecule has 2 aromatic rings. The summed E-state index contributed by atoms with van der Waals surface area (Å²) in [7, 11) is 0. The number of carbonyl (C=O) groups excluding carboxylic acids is 1. The summed E-state index contributed by atoms with van der Waals surface area (Å²) in [5, 5.41) is 9.94. The molecule has 0 saturated carbocycles. The summed E-state index contributed by atoms with van der Waals surface area (Å²) in [5.74, 6) is -0.243. The number of aryl methyl sites for hydroxylation is 1. The van der Waals surface area contributed by atoms with Crippen LogP contribution >= 0.6 is 0 Å². The minimum atomic E-state index is -0.240. The second-order valence-corrected chi connectivity index (χ2v) is 4.67. The summed E-state index contributed by atoms with van der Waals surface area (Å²) >= 11 is 0. The summed E-state index contributed by atoms with van der Waals surface area (Å²) < 4.78 is 0. The Morgan fingerprint density at radius 1 is 1.25 bits per heavy atom. The van der Waals surface area contributed by atoms with Crippen LogP contribution in [0.1, 0.15) is 22.8 Å². The van der Waals surface area contributed by atoms with Crippen LogP contribution in [0.4, 0.5) is 11.4 Å². The molecule has 4 nitrogen and oxygen atoms in total. The molecule has 2 aromatic carbocycles. The molecule has 0 saturated heterocycles. The largest absolute Gasteiger partial charge is 0.507 e. The number of aromatic hydroxyl groups is 1. The molecule has 20 heavy (non-hydrogen) atoms. The van der Waals surface area contributed by atoms with Crippen molar-refractivity contribution in [1.82, 2.24) is 0 Å². The molecule has 0 radical (unpaired) electrons. The molecule has 0 aliphatic rings. The van der Waals surface area contributed by atoms with Crippen molar-refractivity contribution in [2.45, 2.75) is 13.8 Å². The van der Waals surface area contributed by atoms with Gasteiger partial charge in [0, 0.05) is 17.9 Å². The highest BCUT2D eigenvalue weighted by Gasteiger charge is 2.19. The van der Waals surface area contributed by atoms with Gasteiger partial charge in [-0.05, 0) is 49.7 Å². The Balaban J connectivity index is 2.39. The fourth-order valence-electron chi connectivity index (χ4n) is 2.10. The number of carbonyl (C=O) groups is 1. The van der Waals surface area contributed by atoms with Crippen molar-refractivity contribution in [3.63, 3.8) is 0 Å². The first-order valence-corrected chi connectivity index (χ1v) is 6.50. The van der Waals surface area contributed by atoms with E-state index in [1.54, 1.807) is 41.3 Å². The first-order valence-electron chi connectivity index (χ1n) is 6.50. The smallest absolute Gasteiger partial charge is 0.262 e. The molecule has 0 aromatic heterocycles. The minimum absolute atomic E-state index is 0.00245. The zero-order valence-electron chi connectivity index (χ0n) is 11.6. The average Bonchev–Trinajstić information content (AvgIpc) is 2.39. The molecule has 1 amide bonds. The topological polar surface area (TPSA) is 66.6 Å². The summed E-state index contributed by atoms with van der Waals surface area (Å²) in [4.78, 5) is 14.1. The zero-order valence-corrected chi connectivity index (χ0v) is 11.6. The number of nitrogens with two attached hydrogens (primary N) is 1. The third-order valence-corrected chi connectivity index (χ3v) is 3.13. The van der Waals surface area contributed by atoms with E-state index in [1.807, 2.05) is 19.9 Å². The maximum Gasteiger partial charge on any atom is 0.262 e. The Kier molecular flexibility index (Phi) is 3.94. The van der Waals surface area contributed by atoms with Gasteiger partial charge >= 0.3 is 0 Å². The maximum atomic E-state index is 12.5. The Morgan fingerprint density at radius 3 is 2.60 bits per heavy atom. The van der Waals surface area contributed by atoms with Gasteiger partial charge in [-0.3, -0.25) is 4.79 Å². The van der Waals surface area contributed by atoms with Crippen LogP contribution in [0.15, 0.2) is 42.5 Å². The standard InChI is InChI=1S/C16H18N2O2/c1-3-18(13-6-4-5-12(17)10-13)16(20)14-8-7-11(2)9-15(14)19/h4-10,19H,3,17H2,1-2H3. The Labute approximate surface area is 118 Å². The summed E-state index contributed by atoms with van der Waals surface area (Å²) in [6, 6.07) is 12.2. The molecule has 0 fully saturated rings. The molecule has 0 spiro atoms. The Hall–Kier alpha value is -2.49. The molecule has 0 aliphatic heterocycles. The number of amides is 1. The van der Waals surface area contributed by atoms with Gasteiger partial charge in [-0.1, -0.05) is 12.1 Å². The molecule has 3 N–H and O–H groups in total. The van der Waals surface area contributed by atoms with E-state index in [4.69, 9.17) is 5.73 Å². The number of phenolic OH excluding ortho intramolecular Hbond substituents is 1. The minimum Gasteiger partial charge on any atom is -0.507 e. The normalized spacial score (nSPS) is 10.3. The molecular weight excluding hydrogens is 252 g/mol. The summed E-state index contributed by atoms with van der Waals surface area (Å²) in [6.07, 6.45) is 0. The Morgan fingerprint density at radius 2 is 2.00 bits per heavy atom. The molecule has 0 aliphatic carbocycles. The molecule has 0 heterocycles. The third kappa shape index (κ3) is 2.74. The highest BCUT2D eigenvalue weighted by Crippen LogP contribution is 2.24. The highest BCUT2D eigenvalue weighted by molar-refractivity contribution is 6.08.